The number of para-hydroxylation sites is 1. The number of aromatic amines is 1. The third kappa shape index (κ3) is 2.71. The highest BCUT2D eigenvalue weighted by Crippen LogP contribution is 2.31. The summed E-state index contributed by atoms with van der Waals surface area (Å²) < 4.78 is 5.85. The normalized spacial score (nSPS) is 23.4. The fourth-order valence-corrected chi connectivity index (χ4v) is 3.59. The van der Waals surface area contributed by atoms with Gasteiger partial charge in [-0.25, -0.2) is 0 Å². The molecule has 4 rings (SSSR count). The van der Waals surface area contributed by atoms with E-state index in [2.05, 4.69) is 16.3 Å². The van der Waals surface area contributed by atoms with E-state index in [0.29, 0.717) is 12.3 Å². The van der Waals surface area contributed by atoms with Gasteiger partial charge >= 0.3 is 0 Å². The van der Waals surface area contributed by atoms with Crippen LogP contribution in [-0.2, 0) is 11.2 Å². The van der Waals surface area contributed by atoms with Gasteiger partial charge in [-0.3, -0.25) is 9.89 Å². The Labute approximate surface area is 135 Å². The summed E-state index contributed by atoms with van der Waals surface area (Å²) in [6, 6.07) is 10.00. The van der Waals surface area contributed by atoms with Crippen LogP contribution in [0.4, 0.5) is 0 Å². The van der Waals surface area contributed by atoms with Gasteiger partial charge in [0.25, 0.3) is 5.91 Å². The molecule has 2 aliphatic rings. The number of hydrogen-bond acceptors (Lipinski definition) is 3. The van der Waals surface area contributed by atoms with Crippen LogP contribution in [0.15, 0.2) is 30.3 Å². The van der Waals surface area contributed by atoms with Crippen LogP contribution >= 0.6 is 0 Å². The Bertz CT molecular complexity index is 700. The number of aromatic nitrogens is 2. The molecule has 1 aromatic heterocycles. The zero-order chi connectivity index (χ0) is 15.8. The van der Waals surface area contributed by atoms with Crippen molar-refractivity contribution in [3.05, 3.63) is 47.3 Å². The number of H-pyrrole nitrogens is 1. The van der Waals surface area contributed by atoms with E-state index >= 15 is 0 Å². The second kappa shape index (κ2) is 5.72. The SMILES string of the molecule is Cc1cc([C@H]2CCCN(C(=O)[C@H]3Cc4ccccc4O3)C2)n[nH]1. The van der Waals surface area contributed by atoms with Crippen LogP contribution in [0, 0.1) is 6.92 Å². The van der Waals surface area contributed by atoms with Gasteiger partial charge in [0.05, 0.1) is 5.69 Å². The first-order valence-electron chi connectivity index (χ1n) is 8.26. The van der Waals surface area contributed by atoms with Gasteiger partial charge in [-0.15, -0.1) is 0 Å². The van der Waals surface area contributed by atoms with Gasteiger partial charge in [0.1, 0.15) is 5.75 Å². The first-order valence-corrected chi connectivity index (χ1v) is 8.26. The van der Waals surface area contributed by atoms with E-state index in [4.69, 9.17) is 4.74 Å². The highest BCUT2D eigenvalue weighted by molar-refractivity contribution is 5.82. The zero-order valence-corrected chi connectivity index (χ0v) is 13.3. The van der Waals surface area contributed by atoms with E-state index in [-0.39, 0.29) is 12.0 Å². The molecule has 1 saturated heterocycles. The Morgan fingerprint density at radius 3 is 3.04 bits per heavy atom. The Morgan fingerprint density at radius 1 is 1.39 bits per heavy atom. The summed E-state index contributed by atoms with van der Waals surface area (Å²) in [5.74, 6) is 1.28. The topological polar surface area (TPSA) is 58.2 Å². The summed E-state index contributed by atoms with van der Waals surface area (Å²) in [6.45, 7) is 3.56. The van der Waals surface area contributed by atoms with Crippen molar-refractivity contribution in [2.75, 3.05) is 13.1 Å². The molecule has 2 aliphatic heterocycles. The smallest absolute Gasteiger partial charge is 0.264 e. The Kier molecular flexibility index (Phi) is 3.56. The maximum Gasteiger partial charge on any atom is 0.264 e. The number of nitrogens with zero attached hydrogens (tertiary/aromatic N) is 2. The number of benzene rings is 1. The van der Waals surface area contributed by atoms with Gasteiger partial charge in [-0.1, -0.05) is 18.2 Å². The first kappa shape index (κ1) is 14.3. The van der Waals surface area contributed by atoms with Crippen molar-refractivity contribution in [3.8, 4) is 5.75 Å². The molecule has 0 radical (unpaired) electrons. The molecule has 1 N–H and O–H groups in total. The van der Waals surface area contributed by atoms with E-state index < -0.39 is 0 Å². The van der Waals surface area contributed by atoms with Crippen molar-refractivity contribution in [2.24, 2.45) is 0 Å². The summed E-state index contributed by atoms with van der Waals surface area (Å²) in [4.78, 5) is 14.8. The summed E-state index contributed by atoms with van der Waals surface area (Å²) in [6.07, 6.45) is 2.41. The van der Waals surface area contributed by atoms with Crippen LogP contribution in [0.25, 0.3) is 0 Å². The number of carbonyl (C=O) groups is 1. The summed E-state index contributed by atoms with van der Waals surface area (Å²) in [7, 11) is 0. The summed E-state index contributed by atoms with van der Waals surface area (Å²) >= 11 is 0. The van der Waals surface area contributed by atoms with Gasteiger partial charge in [-0.2, -0.15) is 5.10 Å². The lowest BCUT2D eigenvalue weighted by molar-refractivity contribution is -0.139. The molecule has 1 aromatic carbocycles. The molecule has 5 nitrogen and oxygen atoms in total. The predicted molar refractivity (Wildman–Crippen MR) is 86.4 cm³/mol. The predicted octanol–water partition coefficient (Wildman–Crippen LogP) is 2.43. The Balaban J connectivity index is 1.45. The third-order valence-electron chi connectivity index (χ3n) is 4.80. The second-order valence-electron chi connectivity index (χ2n) is 6.52. The number of piperidine rings is 1. The lowest BCUT2D eigenvalue weighted by atomic mass is 9.94. The molecule has 0 spiro atoms. The van der Waals surface area contributed by atoms with E-state index in [1.165, 1.54) is 0 Å². The molecule has 2 atom stereocenters. The van der Waals surface area contributed by atoms with Crippen LogP contribution in [0.2, 0.25) is 0 Å². The quantitative estimate of drug-likeness (QED) is 0.926. The highest BCUT2D eigenvalue weighted by atomic mass is 16.5. The van der Waals surface area contributed by atoms with Crippen molar-refractivity contribution in [3.63, 3.8) is 0 Å². The number of nitrogens with one attached hydrogen (secondary N) is 1. The second-order valence-corrected chi connectivity index (χ2v) is 6.52. The Hall–Kier alpha value is -2.30. The molecule has 120 valence electrons. The standard InChI is InChI=1S/C18H21N3O2/c1-12-9-15(20-19-12)14-6-4-8-21(11-14)18(22)17-10-13-5-2-3-7-16(13)23-17/h2-3,5,7,9,14,17H,4,6,8,10-11H2,1H3,(H,19,20)/t14-,17+/m0/s1. The van der Waals surface area contributed by atoms with Gasteiger partial charge in [0.15, 0.2) is 6.10 Å². The summed E-state index contributed by atoms with van der Waals surface area (Å²) in [5, 5.41) is 7.37. The number of likely N-dealkylation sites (tertiary alicyclic amines) is 1. The molecule has 23 heavy (non-hydrogen) atoms. The minimum Gasteiger partial charge on any atom is -0.480 e. The van der Waals surface area contributed by atoms with Crippen LogP contribution in [0.5, 0.6) is 5.75 Å². The molecule has 3 heterocycles. The monoisotopic (exact) mass is 311 g/mol. The van der Waals surface area contributed by atoms with E-state index in [9.17, 15) is 4.79 Å². The minimum atomic E-state index is -0.368. The minimum absolute atomic E-state index is 0.109. The first-order chi connectivity index (χ1) is 11.2. The number of amides is 1. The van der Waals surface area contributed by atoms with Crippen LogP contribution in [0.1, 0.15) is 35.7 Å². The van der Waals surface area contributed by atoms with E-state index in [1.54, 1.807) is 0 Å². The molecule has 0 bridgehead atoms. The van der Waals surface area contributed by atoms with Gasteiger partial charge < -0.3 is 9.64 Å². The number of fused-ring (bicyclic) bond motifs is 1. The lowest BCUT2D eigenvalue weighted by Crippen LogP contribution is -2.46. The van der Waals surface area contributed by atoms with Crippen molar-refractivity contribution < 1.29 is 9.53 Å². The molecule has 0 unspecified atom stereocenters. The number of carbonyl (C=O) groups excluding carboxylic acids is 1. The van der Waals surface area contributed by atoms with Crippen LogP contribution < -0.4 is 4.74 Å². The molecular weight excluding hydrogens is 290 g/mol. The molecule has 5 heteroatoms. The molecule has 1 amide bonds. The number of aryl methyl sites for hydroxylation is 1. The number of ether oxygens (including phenoxy) is 1. The van der Waals surface area contributed by atoms with Crippen LogP contribution in [0.3, 0.4) is 0 Å². The maximum absolute atomic E-state index is 12.8. The fraction of sp³-hybridized carbons (Fsp3) is 0.444. The van der Waals surface area contributed by atoms with Gasteiger partial charge in [0.2, 0.25) is 0 Å². The van der Waals surface area contributed by atoms with Gasteiger partial charge in [-0.05, 0) is 37.5 Å². The molecule has 0 aliphatic carbocycles. The number of hydrogen-bond donors (Lipinski definition) is 1. The fourth-order valence-electron chi connectivity index (χ4n) is 3.59. The van der Waals surface area contributed by atoms with Crippen molar-refractivity contribution in [1.82, 2.24) is 15.1 Å². The van der Waals surface area contributed by atoms with Crippen molar-refractivity contribution in [1.29, 1.82) is 0 Å². The maximum atomic E-state index is 12.8. The highest BCUT2D eigenvalue weighted by Gasteiger charge is 2.35. The summed E-state index contributed by atoms with van der Waals surface area (Å²) in [5.41, 5.74) is 3.26. The average molecular weight is 311 g/mol. The number of rotatable bonds is 2. The Morgan fingerprint density at radius 2 is 2.26 bits per heavy atom. The third-order valence-corrected chi connectivity index (χ3v) is 4.80. The van der Waals surface area contributed by atoms with Crippen molar-refractivity contribution in [2.45, 2.75) is 38.2 Å². The largest absolute Gasteiger partial charge is 0.480 e. The molecule has 2 aromatic rings. The van der Waals surface area contributed by atoms with Crippen LogP contribution in [-0.4, -0.2) is 40.2 Å². The lowest BCUT2D eigenvalue weighted by Gasteiger charge is -2.33. The van der Waals surface area contributed by atoms with E-state index in [0.717, 1.165) is 48.6 Å². The molecular formula is C18H21N3O2. The zero-order valence-electron chi connectivity index (χ0n) is 13.3. The van der Waals surface area contributed by atoms with Gasteiger partial charge in [0, 0.05) is 31.1 Å². The van der Waals surface area contributed by atoms with Crippen molar-refractivity contribution >= 4 is 5.91 Å². The molecule has 1 fully saturated rings. The molecule has 0 saturated carbocycles. The average Bonchev–Trinajstić information content (AvgIpc) is 3.20. The van der Waals surface area contributed by atoms with E-state index in [1.807, 2.05) is 36.1 Å².